The third kappa shape index (κ3) is 4.83. The first kappa shape index (κ1) is 26.3. The van der Waals surface area contributed by atoms with Crippen molar-refractivity contribution in [2.24, 2.45) is 4.99 Å². The molecule has 2 aliphatic rings. The molecular weight excluding hydrogens is 535 g/mol. The number of rotatable bonds is 4. The topological polar surface area (TPSA) is 118 Å². The summed E-state index contributed by atoms with van der Waals surface area (Å²) in [7, 11) is 0. The van der Waals surface area contributed by atoms with E-state index in [9.17, 15) is 18.0 Å². The van der Waals surface area contributed by atoms with Crippen LogP contribution in [0.1, 0.15) is 36.6 Å². The fourth-order valence-corrected chi connectivity index (χ4v) is 5.00. The maximum absolute atomic E-state index is 14.1. The molecule has 0 radical (unpaired) electrons. The van der Waals surface area contributed by atoms with E-state index in [1.807, 2.05) is 11.8 Å². The molecule has 1 atom stereocenters. The summed E-state index contributed by atoms with van der Waals surface area (Å²) < 4.78 is 48.1. The molecule has 13 heteroatoms. The summed E-state index contributed by atoms with van der Waals surface area (Å²) in [5.41, 5.74) is 5.74. The molecule has 0 bridgehead atoms. The number of anilines is 2. The number of halogens is 4. The van der Waals surface area contributed by atoms with Gasteiger partial charge in [-0.2, -0.15) is 13.2 Å². The number of nitrogens with one attached hydrogen (secondary N) is 2. The minimum absolute atomic E-state index is 0.000230. The highest BCUT2D eigenvalue weighted by molar-refractivity contribution is 6.33. The van der Waals surface area contributed by atoms with Crippen LogP contribution in [0.3, 0.4) is 0 Å². The number of amides is 1. The molecule has 1 unspecified atom stereocenters. The number of aryl methyl sites for hydroxylation is 1. The zero-order chi connectivity index (χ0) is 28.1. The van der Waals surface area contributed by atoms with Gasteiger partial charge < -0.3 is 26.0 Å². The highest BCUT2D eigenvalue weighted by Crippen LogP contribution is 2.41. The van der Waals surface area contributed by atoms with Crippen LogP contribution in [0.4, 0.5) is 24.7 Å². The van der Waals surface area contributed by atoms with Crippen LogP contribution < -0.4 is 31.7 Å². The molecule has 9 nitrogen and oxygen atoms in total. The molecule has 3 aromatic rings. The maximum Gasteiger partial charge on any atom is 0.418 e. The van der Waals surface area contributed by atoms with Crippen LogP contribution in [0, 0.1) is 6.92 Å². The average Bonchev–Trinajstić information content (AvgIpc) is 3.04. The summed E-state index contributed by atoms with van der Waals surface area (Å²) in [5, 5.41) is 6.67. The summed E-state index contributed by atoms with van der Waals surface area (Å²) in [6.07, 6.45) is 1.62. The number of pyridine rings is 2. The van der Waals surface area contributed by atoms with Crippen molar-refractivity contribution in [3.8, 4) is 17.0 Å². The van der Waals surface area contributed by atoms with Gasteiger partial charge in [-0.3, -0.25) is 14.8 Å². The van der Waals surface area contributed by atoms with E-state index in [2.05, 4.69) is 25.6 Å². The highest BCUT2D eigenvalue weighted by atomic mass is 35.5. The molecule has 0 saturated heterocycles. The van der Waals surface area contributed by atoms with Gasteiger partial charge in [-0.25, -0.2) is 4.98 Å². The third-order valence-electron chi connectivity index (χ3n) is 6.35. The van der Waals surface area contributed by atoms with Crippen molar-refractivity contribution in [3.05, 3.63) is 75.3 Å². The largest absolute Gasteiger partial charge is 0.463 e. The standard InChI is InChI=1S/C26H23ClF3N7O2/c1-12-6-19(31)36-23(21(12)26(28,29)30)17-8-18-20-24(22(17)27)33-11-34-25(20)37(4-5-39-18)13(2)15-7-16(10-32-9-15)35-14(3)38/h4-10,13,34H,11H2,1-3H3,(H2,31,36)(H,35,38). The molecule has 1 aromatic carbocycles. The molecular formula is C26H23ClF3N7O2. The SMILES string of the molecule is CC(=O)Nc1cncc(C(C)N2C=COc3cc(-c4nc(N)cc(C)c4C(F)(F)F)c(Cl)c4c3=C2NCN=4)c1. The lowest BCUT2D eigenvalue weighted by molar-refractivity contribution is -0.137. The first-order valence-electron chi connectivity index (χ1n) is 11.8. The minimum atomic E-state index is -4.70. The Labute approximate surface area is 225 Å². The number of ether oxygens (including phenoxy) is 1. The number of hydrogen-bond acceptors (Lipinski definition) is 8. The lowest BCUT2D eigenvalue weighted by Gasteiger charge is -2.31. The van der Waals surface area contributed by atoms with Gasteiger partial charge in [0.2, 0.25) is 5.91 Å². The maximum atomic E-state index is 14.1. The van der Waals surface area contributed by atoms with Crippen molar-refractivity contribution in [1.82, 2.24) is 20.2 Å². The van der Waals surface area contributed by atoms with Crippen LogP contribution in [0.15, 0.2) is 48.0 Å². The van der Waals surface area contributed by atoms with E-state index in [1.54, 1.807) is 24.7 Å². The van der Waals surface area contributed by atoms with Crippen LogP contribution in [0.25, 0.3) is 17.1 Å². The molecule has 4 N–H and O–H groups in total. The highest BCUT2D eigenvalue weighted by Gasteiger charge is 2.38. The Morgan fingerprint density at radius 1 is 1.28 bits per heavy atom. The van der Waals surface area contributed by atoms with Crippen LogP contribution >= 0.6 is 11.6 Å². The van der Waals surface area contributed by atoms with Gasteiger partial charge in [-0.15, -0.1) is 0 Å². The van der Waals surface area contributed by atoms with E-state index >= 15 is 0 Å². The van der Waals surface area contributed by atoms with E-state index in [4.69, 9.17) is 22.1 Å². The summed E-state index contributed by atoms with van der Waals surface area (Å²) in [6, 6.07) is 4.08. The first-order valence-corrected chi connectivity index (χ1v) is 12.2. The summed E-state index contributed by atoms with van der Waals surface area (Å²) in [4.78, 5) is 26.1. The predicted octanol–water partition coefficient (Wildman–Crippen LogP) is 3.84. The molecule has 0 saturated carbocycles. The fourth-order valence-electron chi connectivity index (χ4n) is 4.70. The van der Waals surface area contributed by atoms with E-state index < -0.39 is 17.4 Å². The quantitative estimate of drug-likeness (QED) is 0.446. The van der Waals surface area contributed by atoms with Crippen molar-refractivity contribution >= 4 is 34.8 Å². The van der Waals surface area contributed by atoms with Crippen LogP contribution in [-0.2, 0) is 11.0 Å². The number of hydrogen-bond donors (Lipinski definition) is 3. The van der Waals surface area contributed by atoms with Gasteiger partial charge in [0.25, 0.3) is 0 Å². The Hall–Kier alpha value is -4.32. The second kappa shape index (κ2) is 9.77. The van der Waals surface area contributed by atoms with Crippen molar-refractivity contribution in [3.63, 3.8) is 0 Å². The van der Waals surface area contributed by atoms with Crippen molar-refractivity contribution in [1.29, 1.82) is 0 Å². The zero-order valence-electron chi connectivity index (χ0n) is 21.0. The molecule has 2 aliphatic heterocycles. The zero-order valence-corrected chi connectivity index (χ0v) is 21.8. The number of carbonyl (C=O) groups is 1. The van der Waals surface area contributed by atoms with Crippen molar-refractivity contribution in [2.45, 2.75) is 33.0 Å². The van der Waals surface area contributed by atoms with E-state index in [0.29, 0.717) is 16.7 Å². The molecule has 202 valence electrons. The number of nitrogens with zero attached hydrogens (tertiary/aromatic N) is 4. The number of alkyl halides is 3. The van der Waals surface area contributed by atoms with Crippen molar-refractivity contribution in [2.75, 3.05) is 17.7 Å². The van der Waals surface area contributed by atoms with E-state index in [0.717, 1.165) is 5.56 Å². The second-order valence-corrected chi connectivity index (χ2v) is 9.44. The molecule has 0 aliphatic carbocycles. The van der Waals surface area contributed by atoms with Gasteiger partial charge in [-0.05, 0) is 43.2 Å². The van der Waals surface area contributed by atoms with Gasteiger partial charge in [0, 0.05) is 24.9 Å². The minimum Gasteiger partial charge on any atom is -0.463 e. The van der Waals surface area contributed by atoms with Crippen LogP contribution in [0.5, 0.6) is 5.75 Å². The summed E-state index contributed by atoms with van der Waals surface area (Å²) in [6.45, 7) is 4.77. The molecule has 0 fully saturated rings. The van der Waals surface area contributed by atoms with Gasteiger partial charge >= 0.3 is 6.18 Å². The second-order valence-electron chi connectivity index (χ2n) is 9.06. The third-order valence-corrected chi connectivity index (χ3v) is 6.74. The Morgan fingerprint density at radius 2 is 2.05 bits per heavy atom. The molecule has 0 spiro atoms. The Kier molecular flexibility index (Phi) is 6.59. The summed E-state index contributed by atoms with van der Waals surface area (Å²) in [5.74, 6) is 0.526. The number of benzene rings is 1. The van der Waals surface area contributed by atoms with Crippen LogP contribution in [-0.4, -0.2) is 27.4 Å². The van der Waals surface area contributed by atoms with Gasteiger partial charge in [-0.1, -0.05) is 11.6 Å². The monoisotopic (exact) mass is 557 g/mol. The van der Waals surface area contributed by atoms with E-state index in [-0.39, 0.29) is 51.7 Å². The number of nitrogen functional groups attached to an aromatic ring is 1. The number of aromatic nitrogens is 2. The smallest absolute Gasteiger partial charge is 0.418 e. The number of nitrogens with two attached hydrogens (primary N) is 1. The first-order chi connectivity index (χ1) is 18.5. The average molecular weight is 558 g/mol. The van der Waals surface area contributed by atoms with E-state index in [1.165, 1.54) is 32.2 Å². The van der Waals surface area contributed by atoms with Crippen molar-refractivity contribution < 1.29 is 22.7 Å². The Morgan fingerprint density at radius 3 is 2.77 bits per heavy atom. The lowest BCUT2D eigenvalue weighted by Crippen LogP contribution is -2.44. The van der Waals surface area contributed by atoms with Crippen LogP contribution in [0.2, 0.25) is 5.02 Å². The fraction of sp³-hybridized carbons (Fsp3) is 0.231. The van der Waals surface area contributed by atoms with Gasteiger partial charge in [0.1, 0.15) is 30.3 Å². The molecule has 4 heterocycles. The Balaban J connectivity index is 1.70. The number of carbonyl (C=O) groups excluding carboxylic acids is 1. The van der Waals surface area contributed by atoms with Gasteiger partial charge in [0.15, 0.2) is 0 Å². The van der Waals surface area contributed by atoms with Gasteiger partial charge in [0.05, 0.1) is 44.8 Å². The Bertz CT molecular complexity index is 1660. The lowest BCUT2D eigenvalue weighted by atomic mass is 9.99. The summed E-state index contributed by atoms with van der Waals surface area (Å²) >= 11 is 6.75. The normalized spacial score (nSPS) is 14.9. The molecule has 5 rings (SSSR count). The molecule has 39 heavy (non-hydrogen) atoms. The predicted molar refractivity (Wildman–Crippen MR) is 140 cm³/mol. The molecule has 2 aromatic heterocycles. The molecule has 1 amide bonds.